The number of amides is 1. The quantitative estimate of drug-likeness (QED) is 0.932. The van der Waals surface area contributed by atoms with Gasteiger partial charge in [0, 0.05) is 31.5 Å². The number of nitrogens with zero attached hydrogens (tertiary/aromatic N) is 1. The van der Waals surface area contributed by atoms with Crippen LogP contribution in [0.1, 0.15) is 29.9 Å². The topological polar surface area (TPSA) is 40.5 Å². The Morgan fingerprint density at radius 3 is 2.68 bits per heavy atom. The number of likely N-dealkylation sites (tertiary alicyclic amines) is 1. The monoisotopic (exact) mass is 313 g/mol. The van der Waals surface area contributed by atoms with Gasteiger partial charge in [-0.1, -0.05) is 18.2 Å². The number of halogens is 3. The Kier molecular flexibility index (Phi) is 3.89. The van der Waals surface area contributed by atoms with Crippen LogP contribution >= 0.6 is 0 Å². The van der Waals surface area contributed by atoms with Crippen molar-refractivity contribution in [1.29, 1.82) is 0 Å². The van der Waals surface area contributed by atoms with Crippen LogP contribution in [0.25, 0.3) is 0 Å². The van der Waals surface area contributed by atoms with E-state index >= 15 is 0 Å². The molecule has 3 rings (SSSR count). The van der Waals surface area contributed by atoms with Gasteiger partial charge in [-0.05, 0) is 30.4 Å². The smallest absolute Gasteiger partial charge is 0.396 e. The summed E-state index contributed by atoms with van der Waals surface area (Å²) in [7, 11) is 0. The van der Waals surface area contributed by atoms with Crippen molar-refractivity contribution in [3.05, 3.63) is 35.4 Å². The van der Waals surface area contributed by atoms with Gasteiger partial charge < -0.3 is 10.0 Å². The summed E-state index contributed by atoms with van der Waals surface area (Å²) in [5, 5.41) is 9.11. The van der Waals surface area contributed by atoms with Crippen molar-refractivity contribution in [2.45, 2.75) is 24.9 Å². The maximum absolute atomic E-state index is 13.0. The number of hydrogen-bond donors (Lipinski definition) is 1. The molecule has 1 aliphatic heterocycles. The van der Waals surface area contributed by atoms with Crippen LogP contribution in [0.3, 0.4) is 0 Å². The largest absolute Gasteiger partial charge is 0.416 e. The first kappa shape index (κ1) is 15.3. The number of hydrogen-bond acceptors (Lipinski definition) is 2. The molecular weight excluding hydrogens is 295 g/mol. The Morgan fingerprint density at radius 2 is 2.05 bits per heavy atom. The average molecular weight is 313 g/mol. The van der Waals surface area contributed by atoms with E-state index in [1.165, 1.54) is 12.1 Å². The van der Waals surface area contributed by atoms with Crippen LogP contribution < -0.4 is 0 Å². The summed E-state index contributed by atoms with van der Waals surface area (Å²) in [6.45, 7) is 1.16. The number of carbonyl (C=O) groups is 1. The van der Waals surface area contributed by atoms with E-state index in [4.69, 9.17) is 5.11 Å². The van der Waals surface area contributed by atoms with E-state index in [9.17, 15) is 18.0 Å². The normalized spacial score (nSPS) is 28.0. The molecule has 1 amide bonds. The highest BCUT2D eigenvalue weighted by Crippen LogP contribution is 2.52. The molecule has 1 aliphatic carbocycles. The first-order valence-electron chi connectivity index (χ1n) is 7.47. The first-order valence-corrected chi connectivity index (χ1v) is 7.47. The maximum Gasteiger partial charge on any atom is 0.416 e. The summed E-state index contributed by atoms with van der Waals surface area (Å²) in [6, 6.07) is 5.51. The third-order valence-electron chi connectivity index (χ3n) is 4.63. The molecule has 120 valence electrons. The van der Waals surface area contributed by atoms with Gasteiger partial charge in [-0.2, -0.15) is 13.2 Å². The molecule has 0 aromatic heterocycles. The lowest BCUT2D eigenvalue weighted by molar-refractivity contribution is -0.138. The van der Waals surface area contributed by atoms with Crippen LogP contribution in [0.5, 0.6) is 0 Å². The fourth-order valence-electron chi connectivity index (χ4n) is 3.31. The summed E-state index contributed by atoms with van der Waals surface area (Å²) < 4.78 is 39.1. The maximum atomic E-state index is 13.0. The predicted octanol–water partition coefficient (Wildman–Crippen LogP) is 2.65. The van der Waals surface area contributed by atoms with Crippen molar-refractivity contribution in [1.82, 2.24) is 4.90 Å². The molecule has 0 radical (unpaired) electrons. The summed E-state index contributed by atoms with van der Waals surface area (Å²) in [5.41, 5.74) is -0.406. The van der Waals surface area contributed by atoms with Crippen LogP contribution in [0.4, 0.5) is 13.2 Å². The van der Waals surface area contributed by atoms with Crippen LogP contribution in [0.2, 0.25) is 0 Å². The molecular formula is C16H18F3NO2. The minimum absolute atomic E-state index is 0.0504. The van der Waals surface area contributed by atoms with Crippen LogP contribution in [-0.2, 0) is 11.0 Å². The molecule has 2 fully saturated rings. The molecule has 1 aromatic rings. The number of aliphatic hydroxyl groups is 1. The SMILES string of the molecule is O=C(C1CC1c1ccccc1C(F)(F)F)N1CCC(CO)C1. The van der Waals surface area contributed by atoms with E-state index in [-0.39, 0.29) is 35.8 Å². The van der Waals surface area contributed by atoms with E-state index in [1.54, 1.807) is 11.0 Å². The highest BCUT2D eigenvalue weighted by atomic mass is 19.4. The number of alkyl halides is 3. The zero-order chi connectivity index (χ0) is 15.9. The Balaban J connectivity index is 1.72. The minimum atomic E-state index is -4.39. The molecule has 1 N–H and O–H groups in total. The van der Waals surface area contributed by atoms with E-state index in [0.717, 1.165) is 12.5 Å². The fraction of sp³-hybridized carbons (Fsp3) is 0.562. The molecule has 3 unspecified atom stereocenters. The van der Waals surface area contributed by atoms with Crippen molar-refractivity contribution in [3.8, 4) is 0 Å². The molecule has 3 nitrogen and oxygen atoms in total. The highest BCUT2D eigenvalue weighted by Gasteiger charge is 2.49. The molecule has 1 saturated carbocycles. The van der Waals surface area contributed by atoms with Crippen molar-refractivity contribution in [2.24, 2.45) is 11.8 Å². The molecule has 1 saturated heterocycles. The van der Waals surface area contributed by atoms with Crippen LogP contribution in [-0.4, -0.2) is 35.6 Å². The van der Waals surface area contributed by atoms with Gasteiger partial charge in [0.15, 0.2) is 0 Å². The molecule has 3 atom stereocenters. The van der Waals surface area contributed by atoms with Gasteiger partial charge in [-0.15, -0.1) is 0 Å². The van der Waals surface area contributed by atoms with Crippen molar-refractivity contribution in [3.63, 3.8) is 0 Å². The predicted molar refractivity (Wildman–Crippen MR) is 74.1 cm³/mol. The van der Waals surface area contributed by atoms with Gasteiger partial charge in [0.25, 0.3) is 0 Å². The number of aliphatic hydroxyl groups excluding tert-OH is 1. The Labute approximate surface area is 126 Å². The summed E-state index contributed by atoms with van der Waals surface area (Å²) >= 11 is 0. The molecule has 2 aliphatic rings. The van der Waals surface area contributed by atoms with Gasteiger partial charge >= 0.3 is 6.18 Å². The second kappa shape index (κ2) is 5.57. The molecule has 6 heteroatoms. The Bertz CT molecular complexity index is 573. The van der Waals surface area contributed by atoms with Gasteiger partial charge in [-0.25, -0.2) is 0 Å². The van der Waals surface area contributed by atoms with E-state index < -0.39 is 11.7 Å². The second-order valence-electron chi connectivity index (χ2n) is 6.16. The van der Waals surface area contributed by atoms with Gasteiger partial charge in [0.1, 0.15) is 0 Å². The van der Waals surface area contributed by atoms with Crippen molar-refractivity contribution >= 4 is 5.91 Å². The number of carbonyl (C=O) groups excluding carboxylic acids is 1. The molecule has 0 bridgehead atoms. The average Bonchev–Trinajstić information content (AvgIpc) is 3.14. The van der Waals surface area contributed by atoms with Crippen LogP contribution in [0.15, 0.2) is 24.3 Å². The molecule has 1 heterocycles. The highest BCUT2D eigenvalue weighted by molar-refractivity contribution is 5.83. The van der Waals surface area contributed by atoms with Crippen molar-refractivity contribution < 1.29 is 23.1 Å². The number of benzene rings is 1. The van der Waals surface area contributed by atoms with Gasteiger partial charge in [-0.3, -0.25) is 4.79 Å². The van der Waals surface area contributed by atoms with E-state index in [2.05, 4.69) is 0 Å². The lowest BCUT2D eigenvalue weighted by atomic mass is 10.0. The summed E-state index contributed by atoms with van der Waals surface area (Å²) in [6.07, 6.45) is -3.15. The van der Waals surface area contributed by atoms with Gasteiger partial charge in [0.05, 0.1) is 5.56 Å². The molecule has 1 aromatic carbocycles. The fourth-order valence-corrected chi connectivity index (χ4v) is 3.31. The molecule has 22 heavy (non-hydrogen) atoms. The zero-order valence-corrected chi connectivity index (χ0v) is 12.0. The molecule has 0 spiro atoms. The van der Waals surface area contributed by atoms with Crippen molar-refractivity contribution in [2.75, 3.05) is 19.7 Å². The summed E-state index contributed by atoms with van der Waals surface area (Å²) in [4.78, 5) is 14.1. The second-order valence-corrected chi connectivity index (χ2v) is 6.16. The Morgan fingerprint density at radius 1 is 1.32 bits per heavy atom. The van der Waals surface area contributed by atoms with Gasteiger partial charge in [0.2, 0.25) is 5.91 Å². The third kappa shape index (κ3) is 2.84. The standard InChI is InChI=1S/C16H18F3NO2/c17-16(18,19)14-4-2-1-3-11(14)12-7-13(12)15(22)20-6-5-10(8-20)9-21/h1-4,10,12-13,21H,5-9H2. The first-order chi connectivity index (χ1) is 10.4. The lowest BCUT2D eigenvalue weighted by Crippen LogP contribution is -2.30. The van der Waals surface area contributed by atoms with Crippen LogP contribution in [0, 0.1) is 11.8 Å². The van der Waals surface area contributed by atoms with E-state index in [0.29, 0.717) is 19.5 Å². The zero-order valence-electron chi connectivity index (χ0n) is 12.0. The third-order valence-corrected chi connectivity index (χ3v) is 4.63. The Hall–Kier alpha value is -1.56. The number of rotatable bonds is 3. The minimum Gasteiger partial charge on any atom is -0.396 e. The lowest BCUT2D eigenvalue weighted by Gasteiger charge is -2.17. The van der Waals surface area contributed by atoms with E-state index in [1.807, 2.05) is 0 Å². The summed E-state index contributed by atoms with van der Waals surface area (Å²) in [5.74, 6) is -0.652.